The van der Waals surface area contributed by atoms with Crippen molar-refractivity contribution in [3.63, 3.8) is 0 Å². The third kappa shape index (κ3) is 3.55. The molecule has 0 aliphatic carbocycles. The van der Waals surface area contributed by atoms with Gasteiger partial charge in [0, 0.05) is 12.3 Å². The summed E-state index contributed by atoms with van der Waals surface area (Å²) in [7, 11) is 0. The molecule has 1 amide bonds. The lowest BCUT2D eigenvalue weighted by molar-refractivity contribution is -0.115. The molecule has 0 spiro atoms. The summed E-state index contributed by atoms with van der Waals surface area (Å²) in [5.74, 6) is -0.289. The summed E-state index contributed by atoms with van der Waals surface area (Å²) in [6.45, 7) is 0.0275. The first-order valence-corrected chi connectivity index (χ1v) is 6.06. The van der Waals surface area contributed by atoms with Crippen LogP contribution in [0.15, 0.2) is 31.5 Å². The summed E-state index contributed by atoms with van der Waals surface area (Å²) < 4.78 is 6.41. The van der Waals surface area contributed by atoms with Gasteiger partial charge in [-0.2, -0.15) is 0 Å². The monoisotopic (exact) mass is 283 g/mol. The molecular formula is C9H9N5O4S. The first kappa shape index (κ1) is 13.1. The summed E-state index contributed by atoms with van der Waals surface area (Å²) in [4.78, 5) is 35.0. The van der Waals surface area contributed by atoms with E-state index in [9.17, 15) is 14.4 Å². The molecule has 0 atom stereocenters. The molecule has 0 saturated heterocycles. The Labute approximate surface area is 109 Å². The Hall–Kier alpha value is -2.36. The summed E-state index contributed by atoms with van der Waals surface area (Å²) in [6, 6.07) is 1.21. The number of hydrogen-bond acceptors (Lipinski definition) is 7. The quantitative estimate of drug-likeness (QED) is 0.640. The lowest BCUT2D eigenvalue weighted by atomic mass is 10.5. The van der Waals surface area contributed by atoms with E-state index in [0.717, 1.165) is 11.8 Å². The molecule has 0 radical (unpaired) electrons. The Morgan fingerprint density at radius 3 is 2.95 bits per heavy atom. The van der Waals surface area contributed by atoms with Crippen molar-refractivity contribution in [1.82, 2.24) is 19.7 Å². The van der Waals surface area contributed by atoms with Crippen LogP contribution in [-0.4, -0.2) is 31.4 Å². The minimum atomic E-state index is -0.572. The van der Waals surface area contributed by atoms with Crippen LogP contribution in [0.5, 0.6) is 0 Å². The normalized spacial score (nSPS) is 10.5. The van der Waals surface area contributed by atoms with Gasteiger partial charge in [-0.3, -0.25) is 19.1 Å². The molecule has 19 heavy (non-hydrogen) atoms. The van der Waals surface area contributed by atoms with E-state index in [0.29, 0.717) is 0 Å². The molecule has 2 rings (SSSR count). The molecule has 0 saturated carbocycles. The number of primary amides is 1. The lowest BCUT2D eigenvalue weighted by Gasteiger charge is -1.99. The van der Waals surface area contributed by atoms with Gasteiger partial charge in [0.2, 0.25) is 11.8 Å². The molecule has 0 fully saturated rings. The zero-order valence-electron chi connectivity index (χ0n) is 9.53. The SMILES string of the molecule is NC(=O)CSc1nnc(Cn2ccc(=O)[nH]c2=O)o1. The predicted octanol–water partition coefficient (Wildman–Crippen LogP) is -1.45. The number of aromatic nitrogens is 4. The van der Waals surface area contributed by atoms with Crippen molar-refractivity contribution in [2.45, 2.75) is 11.8 Å². The van der Waals surface area contributed by atoms with Crippen LogP contribution in [0.3, 0.4) is 0 Å². The molecule has 100 valence electrons. The molecule has 0 aromatic carbocycles. The standard InChI is InChI=1S/C9H9N5O4S/c10-5(15)4-19-9-13-12-7(18-9)3-14-2-1-6(16)11-8(14)17/h1-2H,3-4H2,(H2,10,15)(H,11,16,17). The van der Waals surface area contributed by atoms with Crippen molar-refractivity contribution in [3.8, 4) is 0 Å². The molecule has 0 aliphatic heterocycles. The maximum absolute atomic E-state index is 11.4. The molecule has 10 heteroatoms. The van der Waals surface area contributed by atoms with Gasteiger partial charge >= 0.3 is 5.69 Å². The number of nitrogens with two attached hydrogens (primary N) is 1. The van der Waals surface area contributed by atoms with Crippen molar-refractivity contribution < 1.29 is 9.21 Å². The second-order valence-electron chi connectivity index (χ2n) is 3.45. The highest BCUT2D eigenvalue weighted by atomic mass is 32.2. The zero-order chi connectivity index (χ0) is 13.8. The van der Waals surface area contributed by atoms with Gasteiger partial charge < -0.3 is 10.2 Å². The minimum Gasteiger partial charge on any atom is -0.414 e. The maximum Gasteiger partial charge on any atom is 0.328 e. The van der Waals surface area contributed by atoms with Crippen LogP contribution in [0.25, 0.3) is 0 Å². The third-order valence-corrected chi connectivity index (χ3v) is 2.83. The van der Waals surface area contributed by atoms with E-state index in [4.69, 9.17) is 10.2 Å². The Morgan fingerprint density at radius 1 is 1.47 bits per heavy atom. The van der Waals surface area contributed by atoms with Crippen LogP contribution >= 0.6 is 11.8 Å². The van der Waals surface area contributed by atoms with Crippen LogP contribution in [-0.2, 0) is 11.3 Å². The third-order valence-electron chi connectivity index (χ3n) is 1.99. The van der Waals surface area contributed by atoms with Crippen LogP contribution in [0, 0.1) is 0 Å². The van der Waals surface area contributed by atoms with Gasteiger partial charge in [-0.15, -0.1) is 10.2 Å². The second-order valence-corrected chi connectivity index (χ2v) is 4.38. The first-order valence-electron chi connectivity index (χ1n) is 5.08. The number of amides is 1. The number of carbonyl (C=O) groups excluding carboxylic acids is 1. The fraction of sp³-hybridized carbons (Fsp3) is 0.222. The molecule has 3 N–H and O–H groups in total. The van der Waals surface area contributed by atoms with E-state index in [2.05, 4.69) is 15.2 Å². The molecule has 0 bridgehead atoms. The van der Waals surface area contributed by atoms with Crippen molar-refractivity contribution in [2.75, 3.05) is 5.75 Å². The number of nitrogens with one attached hydrogen (secondary N) is 1. The Morgan fingerprint density at radius 2 is 2.26 bits per heavy atom. The van der Waals surface area contributed by atoms with Gasteiger partial charge in [0.05, 0.1) is 5.75 Å². The Bertz CT molecular complexity index is 703. The number of rotatable bonds is 5. The van der Waals surface area contributed by atoms with Gasteiger partial charge in [0.15, 0.2) is 0 Å². The first-order chi connectivity index (χ1) is 9.04. The predicted molar refractivity (Wildman–Crippen MR) is 64.6 cm³/mol. The Balaban J connectivity index is 2.09. The molecule has 2 aromatic rings. The van der Waals surface area contributed by atoms with E-state index in [1.165, 1.54) is 16.8 Å². The van der Waals surface area contributed by atoms with Crippen LogP contribution in [0.1, 0.15) is 5.89 Å². The number of thioether (sulfide) groups is 1. The molecule has 9 nitrogen and oxygen atoms in total. The van der Waals surface area contributed by atoms with E-state index < -0.39 is 17.2 Å². The van der Waals surface area contributed by atoms with Crippen LogP contribution in [0.2, 0.25) is 0 Å². The minimum absolute atomic E-state index is 0.0275. The van der Waals surface area contributed by atoms with E-state index in [-0.39, 0.29) is 23.4 Å². The van der Waals surface area contributed by atoms with Crippen molar-refractivity contribution in [3.05, 3.63) is 39.0 Å². The molecule has 0 unspecified atom stereocenters. The smallest absolute Gasteiger partial charge is 0.328 e. The largest absolute Gasteiger partial charge is 0.414 e. The lowest BCUT2D eigenvalue weighted by Crippen LogP contribution is -2.28. The average Bonchev–Trinajstić information content (AvgIpc) is 2.78. The van der Waals surface area contributed by atoms with Gasteiger partial charge in [-0.25, -0.2) is 4.79 Å². The van der Waals surface area contributed by atoms with Gasteiger partial charge in [0.1, 0.15) is 6.54 Å². The van der Waals surface area contributed by atoms with Gasteiger partial charge in [-0.1, -0.05) is 11.8 Å². The van der Waals surface area contributed by atoms with E-state index in [1.54, 1.807) is 0 Å². The van der Waals surface area contributed by atoms with E-state index in [1.807, 2.05) is 0 Å². The van der Waals surface area contributed by atoms with E-state index >= 15 is 0 Å². The van der Waals surface area contributed by atoms with Crippen LogP contribution in [0.4, 0.5) is 0 Å². The number of hydrogen-bond donors (Lipinski definition) is 2. The molecule has 2 aromatic heterocycles. The Kier molecular flexibility index (Phi) is 3.80. The van der Waals surface area contributed by atoms with Gasteiger partial charge in [0.25, 0.3) is 10.8 Å². The van der Waals surface area contributed by atoms with Crippen molar-refractivity contribution in [1.29, 1.82) is 0 Å². The van der Waals surface area contributed by atoms with Crippen molar-refractivity contribution >= 4 is 17.7 Å². The average molecular weight is 283 g/mol. The highest BCUT2D eigenvalue weighted by molar-refractivity contribution is 7.99. The highest BCUT2D eigenvalue weighted by Crippen LogP contribution is 2.15. The highest BCUT2D eigenvalue weighted by Gasteiger charge is 2.09. The summed E-state index contributed by atoms with van der Waals surface area (Å²) in [5.41, 5.74) is 3.92. The molecular weight excluding hydrogens is 274 g/mol. The van der Waals surface area contributed by atoms with Crippen molar-refractivity contribution in [2.24, 2.45) is 5.73 Å². The zero-order valence-corrected chi connectivity index (χ0v) is 10.3. The topological polar surface area (TPSA) is 137 Å². The summed E-state index contributed by atoms with van der Waals surface area (Å²) in [5, 5.41) is 7.58. The molecule has 2 heterocycles. The summed E-state index contributed by atoms with van der Waals surface area (Å²) in [6.07, 6.45) is 1.32. The number of nitrogens with zero attached hydrogens (tertiary/aromatic N) is 3. The number of carbonyl (C=O) groups is 1. The van der Waals surface area contributed by atoms with Gasteiger partial charge in [-0.05, 0) is 0 Å². The summed E-state index contributed by atoms with van der Waals surface area (Å²) >= 11 is 1.01. The maximum atomic E-state index is 11.4. The second kappa shape index (κ2) is 5.52. The fourth-order valence-corrected chi connectivity index (χ4v) is 1.73. The number of H-pyrrole nitrogens is 1. The molecule has 0 aliphatic rings. The van der Waals surface area contributed by atoms with Crippen LogP contribution < -0.4 is 17.0 Å². The fourth-order valence-electron chi connectivity index (χ4n) is 1.21. The number of aromatic amines is 1.